The number of hydrogen-bond acceptors (Lipinski definition) is 3. The zero-order chi connectivity index (χ0) is 14.5. The van der Waals surface area contributed by atoms with Crippen molar-refractivity contribution >= 4 is 17.2 Å². The first kappa shape index (κ1) is 15.7. The normalized spacial score (nSPS) is 11.4. The zero-order valence-corrected chi connectivity index (χ0v) is 11.1. The van der Waals surface area contributed by atoms with Gasteiger partial charge < -0.3 is 15.2 Å². The highest BCUT2D eigenvalue weighted by Crippen LogP contribution is 2.32. The molecule has 1 aromatic rings. The maximum Gasteiger partial charge on any atom is 0.416 e. The number of halogens is 3. The van der Waals surface area contributed by atoms with Crippen LogP contribution in [0.4, 0.5) is 13.2 Å². The van der Waals surface area contributed by atoms with E-state index in [9.17, 15) is 13.2 Å². The van der Waals surface area contributed by atoms with E-state index in [0.29, 0.717) is 19.6 Å². The van der Waals surface area contributed by atoms with Crippen LogP contribution in [0.1, 0.15) is 17.5 Å². The lowest BCUT2D eigenvalue weighted by molar-refractivity contribution is -0.137. The smallest absolute Gasteiger partial charge is 0.416 e. The van der Waals surface area contributed by atoms with Crippen LogP contribution in [-0.4, -0.2) is 25.3 Å². The lowest BCUT2D eigenvalue weighted by atomic mass is 10.1. The minimum absolute atomic E-state index is 0.0854. The summed E-state index contributed by atoms with van der Waals surface area (Å²) in [6.07, 6.45) is -3.82. The predicted octanol–water partition coefficient (Wildman–Crippen LogP) is 2.75. The van der Waals surface area contributed by atoms with Crippen molar-refractivity contribution in [1.82, 2.24) is 0 Å². The average molecular weight is 293 g/mol. The Morgan fingerprint density at radius 1 is 1.32 bits per heavy atom. The summed E-state index contributed by atoms with van der Waals surface area (Å²) in [5.74, 6) is 0.247. The molecule has 3 nitrogen and oxygen atoms in total. The van der Waals surface area contributed by atoms with E-state index >= 15 is 0 Å². The summed E-state index contributed by atoms with van der Waals surface area (Å²) in [6, 6.07) is 3.06. The van der Waals surface area contributed by atoms with Crippen molar-refractivity contribution in [2.75, 3.05) is 20.3 Å². The lowest BCUT2D eigenvalue weighted by Crippen LogP contribution is -2.15. The van der Waals surface area contributed by atoms with Crippen LogP contribution in [0.15, 0.2) is 18.2 Å². The number of ether oxygens (including phenoxy) is 2. The second-order valence-corrected chi connectivity index (χ2v) is 4.21. The summed E-state index contributed by atoms with van der Waals surface area (Å²) in [6.45, 7) is 0.817. The molecule has 1 rings (SSSR count). The summed E-state index contributed by atoms with van der Waals surface area (Å²) in [5.41, 5.74) is 4.70. The molecule has 0 atom stereocenters. The molecule has 0 bridgehead atoms. The SMILES string of the molecule is COCCCOc1ccc(C(F)(F)F)cc1C(N)=S. The van der Waals surface area contributed by atoms with Gasteiger partial charge in [-0.3, -0.25) is 0 Å². The van der Waals surface area contributed by atoms with Crippen molar-refractivity contribution in [3.8, 4) is 5.75 Å². The summed E-state index contributed by atoms with van der Waals surface area (Å²) < 4.78 is 47.9. The predicted molar refractivity (Wildman–Crippen MR) is 69.3 cm³/mol. The molecule has 0 aliphatic rings. The molecule has 0 radical (unpaired) electrons. The van der Waals surface area contributed by atoms with Crippen molar-refractivity contribution in [2.45, 2.75) is 12.6 Å². The van der Waals surface area contributed by atoms with Gasteiger partial charge in [-0.1, -0.05) is 12.2 Å². The van der Waals surface area contributed by atoms with Gasteiger partial charge in [0, 0.05) is 20.1 Å². The first-order chi connectivity index (χ1) is 8.86. The van der Waals surface area contributed by atoms with Crippen molar-refractivity contribution in [2.24, 2.45) is 5.73 Å². The molecule has 0 spiro atoms. The average Bonchev–Trinajstić information content (AvgIpc) is 2.33. The van der Waals surface area contributed by atoms with E-state index in [4.69, 9.17) is 27.4 Å². The fourth-order valence-electron chi connectivity index (χ4n) is 1.41. The Morgan fingerprint density at radius 3 is 2.53 bits per heavy atom. The minimum Gasteiger partial charge on any atom is -0.493 e. The summed E-state index contributed by atoms with van der Waals surface area (Å²) in [5, 5.41) is 0. The van der Waals surface area contributed by atoms with Crippen LogP contribution in [0.25, 0.3) is 0 Å². The van der Waals surface area contributed by atoms with Gasteiger partial charge in [-0.2, -0.15) is 13.2 Å². The third kappa shape index (κ3) is 4.68. The van der Waals surface area contributed by atoms with E-state index in [1.54, 1.807) is 7.11 Å². The third-order valence-electron chi connectivity index (χ3n) is 2.32. The van der Waals surface area contributed by atoms with Crippen molar-refractivity contribution < 1.29 is 22.6 Å². The number of benzene rings is 1. The van der Waals surface area contributed by atoms with E-state index in [1.165, 1.54) is 6.07 Å². The van der Waals surface area contributed by atoms with Gasteiger partial charge in [0.05, 0.1) is 17.7 Å². The van der Waals surface area contributed by atoms with Crippen molar-refractivity contribution in [1.29, 1.82) is 0 Å². The number of methoxy groups -OCH3 is 1. The molecule has 106 valence electrons. The highest BCUT2D eigenvalue weighted by molar-refractivity contribution is 7.80. The Hall–Kier alpha value is -1.34. The molecule has 0 aliphatic carbocycles. The van der Waals surface area contributed by atoms with Crippen LogP contribution in [0.5, 0.6) is 5.75 Å². The highest BCUT2D eigenvalue weighted by atomic mass is 32.1. The highest BCUT2D eigenvalue weighted by Gasteiger charge is 2.31. The Morgan fingerprint density at radius 2 is 2.00 bits per heavy atom. The molecular weight excluding hydrogens is 279 g/mol. The maximum atomic E-state index is 12.6. The fourth-order valence-corrected chi connectivity index (χ4v) is 1.57. The van der Waals surface area contributed by atoms with Crippen LogP contribution < -0.4 is 10.5 Å². The molecule has 1 aromatic carbocycles. The van der Waals surface area contributed by atoms with E-state index in [-0.39, 0.29) is 16.3 Å². The lowest BCUT2D eigenvalue weighted by Gasteiger charge is -2.13. The molecule has 0 aromatic heterocycles. The fraction of sp³-hybridized carbons (Fsp3) is 0.417. The third-order valence-corrected chi connectivity index (χ3v) is 2.54. The number of hydrogen-bond donors (Lipinski definition) is 1. The number of nitrogens with two attached hydrogens (primary N) is 1. The molecule has 7 heteroatoms. The summed E-state index contributed by atoms with van der Waals surface area (Å²) >= 11 is 4.74. The first-order valence-corrected chi connectivity index (χ1v) is 5.90. The van der Waals surface area contributed by atoms with Crippen LogP contribution in [-0.2, 0) is 10.9 Å². The van der Waals surface area contributed by atoms with Gasteiger partial charge in [0.2, 0.25) is 0 Å². The number of alkyl halides is 3. The van der Waals surface area contributed by atoms with E-state index in [0.717, 1.165) is 12.1 Å². The Kier molecular flexibility index (Phi) is 5.56. The molecule has 2 N–H and O–H groups in total. The van der Waals surface area contributed by atoms with E-state index in [2.05, 4.69) is 0 Å². The van der Waals surface area contributed by atoms with Gasteiger partial charge in [0.25, 0.3) is 0 Å². The van der Waals surface area contributed by atoms with E-state index < -0.39 is 11.7 Å². The van der Waals surface area contributed by atoms with Crippen LogP contribution in [0.2, 0.25) is 0 Å². The van der Waals surface area contributed by atoms with Crippen LogP contribution in [0, 0.1) is 0 Å². The Labute approximate surface area is 114 Å². The standard InChI is InChI=1S/C12H14F3NO2S/c1-17-5-2-6-18-10-4-3-8(12(13,14)15)7-9(10)11(16)19/h3-4,7H,2,5-6H2,1H3,(H2,16,19). The molecule has 0 amide bonds. The topological polar surface area (TPSA) is 44.5 Å². The second kappa shape index (κ2) is 6.72. The second-order valence-electron chi connectivity index (χ2n) is 3.77. The molecule has 0 saturated carbocycles. The van der Waals surface area contributed by atoms with Gasteiger partial charge >= 0.3 is 6.18 Å². The Bertz CT molecular complexity index is 449. The first-order valence-electron chi connectivity index (χ1n) is 5.49. The van der Waals surface area contributed by atoms with Crippen molar-refractivity contribution in [3.63, 3.8) is 0 Å². The van der Waals surface area contributed by atoms with Crippen molar-refractivity contribution in [3.05, 3.63) is 29.3 Å². The van der Waals surface area contributed by atoms with Gasteiger partial charge in [-0.15, -0.1) is 0 Å². The van der Waals surface area contributed by atoms with Gasteiger partial charge in [0.15, 0.2) is 0 Å². The molecule has 19 heavy (non-hydrogen) atoms. The Balaban J connectivity index is 2.90. The quantitative estimate of drug-likeness (QED) is 0.647. The summed E-state index contributed by atoms with van der Waals surface area (Å²) in [4.78, 5) is -0.132. The number of thiocarbonyl (C=S) groups is 1. The maximum absolute atomic E-state index is 12.6. The minimum atomic E-state index is -4.44. The van der Waals surface area contributed by atoms with Gasteiger partial charge in [-0.25, -0.2) is 0 Å². The van der Waals surface area contributed by atoms with Gasteiger partial charge in [-0.05, 0) is 18.2 Å². The largest absolute Gasteiger partial charge is 0.493 e. The van der Waals surface area contributed by atoms with Crippen LogP contribution >= 0.6 is 12.2 Å². The number of rotatable bonds is 6. The molecule has 0 saturated heterocycles. The monoisotopic (exact) mass is 293 g/mol. The molecule has 0 heterocycles. The van der Waals surface area contributed by atoms with E-state index in [1.807, 2.05) is 0 Å². The molecular formula is C12H14F3NO2S. The molecule has 0 unspecified atom stereocenters. The van der Waals surface area contributed by atoms with Crippen LogP contribution in [0.3, 0.4) is 0 Å². The summed E-state index contributed by atoms with van der Waals surface area (Å²) in [7, 11) is 1.55. The van der Waals surface area contributed by atoms with Gasteiger partial charge in [0.1, 0.15) is 10.7 Å². The zero-order valence-electron chi connectivity index (χ0n) is 10.3. The molecule has 0 aliphatic heterocycles. The molecule has 0 fully saturated rings.